The fourth-order valence-corrected chi connectivity index (χ4v) is 3.25. The van der Waals surface area contributed by atoms with Crippen molar-refractivity contribution >= 4 is 34.2 Å². The fourth-order valence-electron chi connectivity index (χ4n) is 3.03. The molecule has 0 aliphatic rings. The van der Waals surface area contributed by atoms with Gasteiger partial charge in [-0.2, -0.15) is 0 Å². The molecule has 1 N–H and O–H groups in total. The van der Waals surface area contributed by atoms with E-state index in [4.69, 9.17) is 25.5 Å². The van der Waals surface area contributed by atoms with Gasteiger partial charge in [0.2, 0.25) is 0 Å². The molecule has 7 heteroatoms. The van der Waals surface area contributed by atoms with E-state index >= 15 is 0 Å². The number of rotatable bonds is 6. The number of halogens is 1. The first-order valence-electron chi connectivity index (χ1n) is 9.48. The molecule has 0 atom stereocenters. The number of carbonyl (C=O) groups is 1. The van der Waals surface area contributed by atoms with Gasteiger partial charge in [0.05, 0.1) is 10.7 Å². The van der Waals surface area contributed by atoms with Crippen LogP contribution in [0.5, 0.6) is 17.2 Å². The minimum absolute atomic E-state index is 0.242. The van der Waals surface area contributed by atoms with Crippen molar-refractivity contribution in [1.29, 1.82) is 0 Å². The number of aryl methyl sites for hydroxylation is 1. The molecule has 0 spiro atoms. The SMILES string of the molecule is Cc1cc(=O)oc2cc(OCC(=O)Nc3ccccc3Oc3ccccc3)c(Cl)cc12. The lowest BCUT2D eigenvalue weighted by molar-refractivity contribution is -0.118. The van der Waals surface area contributed by atoms with Crippen molar-refractivity contribution in [1.82, 2.24) is 0 Å². The molecule has 1 aromatic heterocycles. The fraction of sp³-hybridized carbons (Fsp3) is 0.0833. The first-order valence-corrected chi connectivity index (χ1v) is 9.86. The van der Waals surface area contributed by atoms with Gasteiger partial charge in [-0.15, -0.1) is 0 Å². The van der Waals surface area contributed by atoms with E-state index in [2.05, 4.69) is 5.32 Å². The summed E-state index contributed by atoms with van der Waals surface area (Å²) in [5.41, 5.74) is 1.12. The van der Waals surface area contributed by atoms with E-state index in [0.717, 1.165) is 5.56 Å². The van der Waals surface area contributed by atoms with E-state index in [1.165, 1.54) is 12.1 Å². The van der Waals surface area contributed by atoms with E-state index in [-0.39, 0.29) is 12.4 Å². The highest BCUT2D eigenvalue weighted by Gasteiger charge is 2.13. The van der Waals surface area contributed by atoms with E-state index in [1.54, 1.807) is 31.2 Å². The average molecular weight is 436 g/mol. The lowest BCUT2D eigenvalue weighted by Gasteiger charge is -2.13. The molecule has 0 aliphatic carbocycles. The Morgan fingerprint density at radius 3 is 2.55 bits per heavy atom. The Kier molecular flexibility index (Phi) is 5.91. The van der Waals surface area contributed by atoms with Gasteiger partial charge in [0.25, 0.3) is 5.91 Å². The maximum atomic E-state index is 12.5. The second-order valence-corrected chi connectivity index (χ2v) is 7.18. The van der Waals surface area contributed by atoms with Crippen LogP contribution in [0, 0.1) is 6.92 Å². The second kappa shape index (κ2) is 8.93. The van der Waals surface area contributed by atoms with E-state index in [0.29, 0.717) is 33.2 Å². The number of anilines is 1. The maximum absolute atomic E-state index is 12.5. The van der Waals surface area contributed by atoms with Gasteiger partial charge in [0.1, 0.15) is 17.1 Å². The number of fused-ring (bicyclic) bond motifs is 1. The van der Waals surface area contributed by atoms with E-state index < -0.39 is 11.5 Å². The summed E-state index contributed by atoms with van der Waals surface area (Å²) in [6.45, 7) is 1.50. The molecule has 4 aromatic rings. The second-order valence-electron chi connectivity index (χ2n) is 6.78. The summed E-state index contributed by atoms with van der Waals surface area (Å²) in [5.74, 6) is 1.00. The Bertz CT molecular complexity index is 1300. The van der Waals surface area contributed by atoms with Crippen LogP contribution in [-0.2, 0) is 4.79 Å². The molecule has 0 saturated heterocycles. The minimum atomic E-state index is -0.467. The summed E-state index contributed by atoms with van der Waals surface area (Å²) >= 11 is 6.28. The van der Waals surface area contributed by atoms with Crippen LogP contribution in [-0.4, -0.2) is 12.5 Å². The molecule has 4 rings (SSSR count). The van der Waals surface area contributed by atoms with Gasteiger partial charge in [0, 0.05) is 17.5 Å². The standard InChI is InChI=1S/C24H18ClNO5/c1-15-11-24(28)31-21-13-22(18(25)12-17(15)21)29-14-23(27)26-19-9-5-6-10-20(19)30-16-7-3-2-4-8-16/h2-13H,14H2,1H3,(H,26,27). The average Bonchev–Trinajstić information content (AvgIpc) is 2.75. The number of amides is 1. The van der Waals surface area contributed by atoms with Crippen LogP contribution in [0.4, 0.5) is 5.69 Å². The van der Waals surface area contributed by atoms with Crippen LogP contribution in [0.2, 0.25) is 5.02 Å². The van der Waals surface area contributed by atoms with Crippen molar-refractivity contribution in [3.05, 3.63) is 93.8 Å². The molecule has 0 bridgehead atoms. The van der Waals surface area contributed by atoms with Crippen molar-refractivity contribution in [3.8, 4) is 17.2 Å². The zero-order chi connectivity index (χ0) is 21.8. The first-order chi connectivity index (χ1) is 15.0. The lowest BCUT2D eigenvalue weighted by atomic mass is 10.1. The molecular weight excluding hydrogens is 418 g/mol. The van der Waals surface area contributed by atoms with Gasteiger partial charge in [-0.25, -0.2) is 4.79 Å². The van der Waals surface area contributed by atoms with E-state index in [9.17, 15) is 9.59 Å². The molecule has 0 radical (unpaired) electrons. The molecule has 0 aliphatic heterocycles. The molecule has 0 saturated carbocycles. The molecule has 1 heterocycles. The van der Waals surface area contributed by atoms with Gasteiger partial charge in [-0.3, -0.25) is 4.79 Å². The molecule has 6 nitrogen and oxygen atoms in total. The summed E-state index contributed by atoms with van der Waals surface area (Å²) in [6, 6.07) is 20.9. The molecule has 3 aromatic carbocycles. The normalized spacial score (nSPS) is 10.6. The van der Waals surface area contributed by atoms with Crippen LogP contribution >= 0.6 is 11.6 Å². The van der Waals surface area contributed by atoms with Crippen LogP contribution < -0.4 is 20.4 Å². The zero-order valence-corrected chi connectivity index (χ0v) is 17.3. The van der Waals surface area contributed by atoms with Crippen molar-refractivity contribution in [2.45, 2.75) is 6.92 Å². The number of benzene rings is 3. The lowest BCUT2D eigenvalue weighted by Crippen LogP contribution is -2.20. The predicted molar refractivity (Wildman–Crippen MR) is 119 cm³/mol. The number of nitrogens with one attached hydrogen (secondary N) is 1. The summed E-state index contributed by atoms with van der Waals surface area (Å²) in [7, 11) is 0. The predicted octanol–water partition coefficient (Wildman–Crippen LogP) is 5.56. The molecule has 156 valence electrons. The summed E-state index contributed by atoms with van der Waals surface area (Å²) in [5, 5.41) is 3.78. The van der Waals surface area contributed by atoms with E-state index in [1.807, 2.05) is 36.4 Å². The topological polar surface area (TPSA) is 77.8 Å². The van der Waals surface area contributed by atoms with Gasteiger partial charge in [-0.05, 0) is 42.8 Å². The summed E-state index contributed by atoms with van der Waals surface area (Å²) in [6.07, 6.45) is 0. The first kappa shape index (κ1) is 20.5. The van der Waals surface area contributed by atoms with Crippen molar-refractivity contribution in [2.75, 3.05) is 11.9 Å². The molecule has 0 fully saturated rings. The molecular formula is C24H18ClNO5. The van der Waals surface area contributed by atoms with Gasteiger partial charge < -0.3 is 19.2 Å². The third-order valence-corrected chi connectivity index (χ3v) is 4.79. The number of para-hydroxylation sites is 3. The highest BCUT2D eigenvalue weighted by Crippen LogP contribution is 2.32. The van der Waals surface area contributed by atoms with Crippen molar-refractivity contribution in [2.24, 2.45) is 0 Å². The third kappa shape index (κ3) is 4.87. The third-order valence-electron chi connectivity index (χ3n) is 4.49. The van der Waals surface area contributed by atoms with Crippen molar-refractivity contribution in [3.63, 3.8) is 0 Å². The minimum Gasteiger partial charge on any atom is -0.482 e. The van der Waals surface area contributed by atoms with Crippen LogP contribution in [0.25, 0.3) is 11.0 Å². The highest BCUT2D eigenvalue weighted by molar-refractivity contribution is 6.32. The Labute approximate surface area is 183 Å². The quantitative estimate of drug-likeness (QED) is 0.401. The number of hydrogen-bond acceptors (Lipinski definition) is 5. The summed E-state index contributed by atoms with van der Waals surface area (Å²) in [4.78, 5) is 24.1. The molecule has 0 unspecified atom stereocenters. The van der Waals surface area contributed by atoms with Gasteiger partial charge in [0.15, 0.2) is 12.4 Å². The molecule has 1 amide bonds. The number of carbonyl (C=O) groups excluding carboxylic acids is 1. The Balaban J connectivity index is 1.47. The summed E-state index contributed by atoms with van der Waals surface area (Å²) < 4.78 is 16.6. The zero-order valence-electron chi connectivity index (χ0n) is 16.6. The van der Waals surface area contributed by atoms with Crippen LogP contribution in [0.1, 0.15) is 5.56 Å². The smallest absolute Gasteiger partial charge is 0.336 e. The Morgan fingerprint density at radius 1 is 1.00 bits per heavy atom. The monoisotopic (exact) mass is 435 g/mol. The number of hydrogen-bond donors (Lipinski definition) is 1. The van der Waals surface area contributed by atoms with Crippen LogP contribution in [0.3, 0.4) is 0 Å². The van der Waals surface area contributed by atoms with Crippen molar-refractivity contribution < 1.29 is 18.7 Å². The Hall–Kier alpha value is -3.77. The largest absolute Gasteiger partial charge is 0.482 e. The highest BCUT2D eigenvalue weighted by atomic mass is 35.5. The van der Waals surface area contributed by atoms with Crippen LogP contribution in [0.15, 0.2) is 82.0 Å². The number of ether oxygens (including phenoxy) is 2. The maximum Gasteiger partial charge on any atom is 0.336 e. The molecule has 31 heavy (non-hydrogen) atoms. The Morgan fingerprint density at radius 2 is 1.74 bits per heavy atom. The van der Waals surface area contributed by atoms with Gasteiger partial charge in [-0.1, -0.05) is 41.9 Å². The van der Waals surface area contributed by atoms with Gasteiger partial charge >= 0.3 is 5.63 Å².